The summed E-state index contributed by atoms with van der Waals surface area (Å²) >= 11 is 0. The first-order valence-electron chi connectivity index (χ1n) is 14.3. The lowest BCUT2D eigenvalue weighted by Crippen LogP contribution is -2.36. The van der Waals surface area contributed by atoms with Crippen LogP contribution in [0.4, 0.5) is 11.6 Å². The van der Waals surface area contributed by atoms with Gasteiger partial charge in [0.25, 0.3) is 0 Å². The number of imidazole rings is 1. The van der Waals surface area contributed by atoms with Crippen LogP contribution in [0, 0.1) is 0 Å². The number of aromatic nitrogens is 4. The van der Waals surface area contributed by atoms with Gasteiger partial charge in [-0.2, -0.15) is 0 Å². The van der Waals surface area contributed by atoms with Crippen LogP contribution in [0.1, 0.15) is 87.7 Å². The molecule has 200 valence electrons. The molecule has 2 aromatic rings. The number of amides is 1. The van der Waals surface area contributed by atoms with Crippen LogP contribution in [-0.4, -0.2) is 76.3 Å². The maximum atomic E-state index is 12.0. The summed E-state index contributed by atoms with van der Waals surface area (Å²) in [6.07, 6.45) is 11.3. The molecule has 0 unspecified atom stereocenters. The highest BCUT2D eigenvalue weighted by Crippen LogP contribution is 2.40. The topological polar surface area (TPSA) is 88.4 Å². The Kier molecular flexibility index (Phi) is 6.92. The van der Waals surface area contributed by atoms with Crippen molar-refractivity contribution in [1.82, 2.24) is 24.4 Å². The molecule has 0 saturated carbocycles. The molecule has 0 bridgehead atoms. The molecular weight excluding hydrogens is 466 g/mol. The minimum Gasteiger partial charge on any atom is -0.381 e. The van der Waals surface area contributed by atoms with Gasteiger partial charge in [-0.05, 0) is 57.5 Å². The highest BCUT2D eigenvalue weighted by molar-refractivity contribution is 5.94. The lowest BCUT2D eigenvalue weighted by atomic mass is 9.80. The molecule has 37 heavy (non-hydrogen) atoms. The van der Waals surface area contributed by atoms with Gasteiger partial charge < -0.3 is 24.4 Å². The number of nitrogens with zero attached hydrogens (tertiary/aromatic N) is 6. The Morgan fingerprint density at radius 3 is 2.59 bits per heavy atom. The van der Waals surface area contributed by atoms with Gasteiger partial charge in [-0.15, -0.1) is 0 Å². The fraction of sp³-hybridized carbons (Fsp3) is 0.714. The Morgan fingerprint density at radius 2 is 1.84 bits per heavy atom. The second-order valence-corrected chi connectivity index (χ2v) is 11.8. The molecule has 0 spiro atoms. The van der Waals surface area contributed by atoms with Gasteiger partial charge in [0, 0.05) is 68.9 Å². The van der Waals surface area contributed by atoms with Crippen LogP contribution in [0.15, 0.2) is 12.5 Å². The molecule has 3 saturated heterocycles. The second-order valence-electron chi connectivity index (χ2n) is 11.8. The van der Waals surface area contributed by atoms with Crippen LogP contribution >= 0.6 is 0 Å². The van der Waals surface area contributed by atoms with Crippen molar-refractivity contribution in [3.8, 4) is 0 Å². The van der Waals surface area contributed by atoms with Crippen LogP contribution in [-0.2, 0) is 21.5 Å². The number of piperidine rings is 1. The molecule has 0 aromatic carbocycles. The summed E-state index contributed by atoms with van der Waals surface area (Å²) in [4.78, 5) is 31.4. The van der Waals surface area contributed by atoms with Crippen LogP contribution < -0.4 is 10.2 Å². The summed E-state index contributed by atoms with van der Waals surface area (Å²) in [7, 11) is 0. The second kappa shape index (κ2) is 10.3. The van der Waals surface area contributed by atoms with Crippen LogP contribution in [0.25, 0.3) is 0 Å². The SMILES string of the molecule is C[C@@H]1CC(=O)Nc2ncnc(N3CCC(c4nc(C5(C)CCOCC5)cn4CCN4CCCC4)CC3)c21. The number of fused-ring (bicyclic) bond motifs is 1. The first-order chi connectivity index (χ1) is 18.0. The molecular formula is C28H41N7O2. The van der Waals surface area contributed by atoms with E-state index in [9.17, 15) is 4.79 Å². The first-order valence-corrected chi connectivity index (χ1v) is 14.3. The zero-order valence-electron chi connectivity index (χ0n) is 22.4. The third-order valence-electron chi connectivity index (χ3n) is 9.14. The first kappa shape index (κ1) is 24.8. The Labute approximate surface area is 220 Å². The van der Waals surface area contributed by atoms with E-state index in [-0.39, 0.29) is 17.2 Å². The van der Waals surface area contributed by atoms with Crippen molar-refractivity contribution in [2.45, 2.75) is 82.6 Å². The van der Waals surface area contributed by atoms with Gasteiger partial charge in [-0.3, -0.25) is 4.79 Å². The molecule has 3 fully saturated rings. The number of hydrogen-bond acceptors (Lipinski definition) is 7. The zero-order valence-corrected chi connectivity index (χ0v) is 22.4. The largest absolute Gasteiger partial charge is 0.381 e. The van der Waals surface area contributed by atoms with E-state index in [0.29, 0.717) is 18.2 Å². The quantitative estimate of drug-likeness (QED) is 0.638. The van der Waals surface area contributed by atoms with Crippen molar-refractivity contribution in [3.05, 3.63) is 29.6 Å². The molecule has 9 nitrogen and oxygen atoms in total. The van der Waals surface area contributed by atoms with Gasteiger partial charge in [0.1, 0.15) is 23.8 Å². The average Bonchev–Trinajstić information content (AvgIpc) is 3.58. The van der Waals surface area contributed by atoms with E-state index >= 15 is 0 Å². The minimum absolute atomic E-state index is 0.0400. The van der Waals surface area contributed by atoms with E-state index in [1.807, 2.05) is 0 Å². The van der Waals surface area contributed by atoms with Gasteiger partial charge in [-0.25, -0.2) is 15.0 Å². The van der Waals surface area contributed by atoms with E-state index in [1.165, 1.54) is 37.4 Å². The highest BCUT2D eigenvalue weighted by Gasteiger charge is 2.35. The summed E-state index contributed by atoms with van der Waals surface area (Å²) in [5.41, 5.74) is 2.44. The standard InChI is InChI=1S/C28H41N7O2/c1-20-17-23(36)32-25-24(20)27(30-19-29-25)34-11-5-21(6-12-34)26-31-22(28(2)7-15-37-16-8-28)18-35(26)14-13-33-9-3-4-10-33/h18-21H,3-17H2,1-2H3,(H,29,30,32,36)/t20-/m1/s1. The van der Waals surface area contributed by atoms with Crippen molar-refractivity contribution in [2.75, 3.05) is 56.2 Å². The molecule has 0 radical (unpaired) electrons. The summed E-state index contributed by atoms with van der Waals surface area (Å²) in [6, 6.07) is 0. The van der Waals surface area contributed by atoms with Gasteiger partial charge in [-0.1, -0.05) is 13.8 Å². The van der Waals surface area contributed by atoms with Crippen molar-refractivity contribution in [2.24, 2.45) is 0 Å². The van der Waals surface area contributed by atoms with E-state index < -0.39 is 0 Å². The van der Waals surface area contributed by atoms with Crippen molar-refractivity contribution in [3.63, 3.8) is 0 Å². The smallest absolute Gasteiger partial charge is 0.226 e. The van der Waals surface area contributed by atoms with E-state index in [1.54, 1.807) is 6.33 Å². The lowest BCUT2D eigenvalue weighted by molar-refractivity contribution is -0.116. The fourth-order valence-corrected chi connectivity index (χ4v) is 6.66. The van der Waals surface area contributed by atoms with Gasteiger partial charge in [0.05, 0.1) is 5.69 Å². The van der Waals surface area contributed by atoms with E-state index in [4.69, 9.17) is 9.72 Å². The Hall–Kier alpha value is -2.52. The fourth-order valence-electron chi connectivity index (χ4n) is 6.66. The predicted octanol–water partition coefficient (Wildman–Crippen LogP) is 3.67. The average molecular weight is 508 g/mol. The molecule has 2 aromatic heterocycles. The van der Waals surface area contributed by atoms with Crippen molar-refractivity contribution >= 4 is 17.5 Å². The minimum atomic E-state index is 0.0400. The number of ether oxygens (including phenoxy) is 1. The molecule has 1 N–H and O–H groups in total. The molecule has 1 atom stereocenters. The summed E-state index contributed by atoms with van der Waals surface area (Å²) < 4.78 is 8.17. The molecule has 6 heterocycles. The van der Waals surface area contributed by atoms with Crippen molar-refractivity contribution in [1.29, 1.82) is 0 Å². The third kappa shape index (κ3) is 5.00. The van der Waals surface area contributed by atoms with Crippen LogP contribution in [0.2, 0.25) is 0 Å². The van der Waals surface area contributed by atoms with Gasteiger partial charge >= 0.3 is 0 Å². The molecule has 9 heteroatoms. The number of carbonyl (C=O) groups excluding carboxylic acids is 1. The molecule has 4 aliphatic heterocycles. The third-order valence-corrected chi connectivity index (χ3v) is 9.14. The molecule has 4 aliphatic rings. The highest BCUT2D eigenvalue weighted by atomic mass is 16.5. The number of anilines is 2. The molecule has 0 aliphatic carbocycles. The number of likely N-dealkylation sites (tertiary alicyclic amines) is 1. The number of nitrogens with one attached hydrogen (secondary N) is 1. The monoisotopic (exact) mass is 507 g/mol. The molecule has 1 amide bonds. The zero-order chi connectivity index (χ0) is 25.4. The van der Waals surface area contributed by atoms with Crippen LogP contribution in [0.3, 0.4) is 0 Å². The number of rotatable bonds is 6. The summed E-state index contributed by atoms with van der Waals surface area (Å²) in [5, 5.41) is 2.94. The number of carbonyl (C=O) groups is 1. The predicted molar refractivity (Wildman–Crippen MR) is 143 cm³/mol. The summed E-state index contributed by atoms with van der Waals surface area (Å²) in [5.74, 6) is 3.56. The lowest BCUT2D eigenvalue weighted by Gasteiger charge is -2.35. The van der Waals surface area contributed by atoms with Gasteiger partial charge in [0.2, 0.25) is 5.91 Å². The Morgan fingerprint density at radius 1 is 1.08 bits per heavy atom. The van der Waals surface area contributed by atoms with Gasteiger partial charge in [0.15, 0.2) is 0 Å². The van der Waals surface area contributed by atoms with E-state index in [0.717, 1.165) is 76.5 Å². The maximum Gasteiger partial charge on any atom is 0.226 e. The van der Waals surface area contributed by atoms with Crippen molar-refractivity contribution < 1.29 is 9.53 Å². The Balaban J connectivity index is 1.21. The maximum absolute atomic E-state index is 12.0. The van der Waals surface area contributed by atoms with E-state index in [2.05, 4.69) is 49.7 Å². The normalized spacial score (nSPS) is 24.8. The number of hydrogen-bond donors (Lipinski definition) is 1. The Bertz CT molecular complexity index is 1110. The van der Waals surface area contributed by atoms with Crippen LogP contribution in [0.5, 0.6) is 0 Å². The summed E-state index contributed by atoms with van der Waals surface area (Å²) in [6.45, 7) is 12.6. The molecule has 6 rings (SSSR count).